The van der Waals surface area contributed by atoms with Crippen LogP contribution in [-0.4, -0.2) is 19.8 Å². The van der Waals surface area contributed by atoms with Gasteiger partial charge in [0.15, 0.2) is 0 Å². The third kappa shape index (κ3) is 6.06. The monoisotopic (exact) mass is 225 g/mol. The molecule has 0 saturated heterocycles. The summed E-state index contributed by atoms with van der Waals surface area (Å²) < 4.78 is 5.49. The Labute approximate surface area is 85.7 Å². The van der Waals surface area contributed by atoms with Gasteiger partial charge in [-0.2, -0.15) is 0 Å². The van der Waals surface area contributed by atoms with Crippen molar-refractivity contribution in [1.82, 2.24) is 0 Å². The van der Waals surface area contributed by atoms with Crippen LogP contribution in [0.2, 0.25) is 0 Å². The highest BCUT2D eigenvalue weighted by molar-refractivity contribution is 7.34. The molecule has 0 aromatic rings. The number of hydrogen-bond acceptors (Lipinski definition) is 1. The summed E-state index contributed by atoms with van der Waals surface area (Å²) in [7, 11) is -1.35. The van der Waals surface area contributed by atoms with E-state index in [1.54, 1.807) is 0 Å². The van der Waals surface area contributed by atoms with Crippen LogP contribution in [0.15, 0.2) is 12.2 Å². The zero-order chi connectivity index (χ0) is 9.56. The fourth-order valence-corrected chi connectivity index (χ4v) is 2.51. The third-order valence-electron chi connectivity index (χ3n) is 1.33. The van der Waals surface area contributed by atoms with Gasteiger partial charge in [0.1, 0.15) is 0 Å². The van der Waals surface area contributed by atoms with Gasteiger partial charge < -0.3 is 4.74 Å². The third-order valence-corrected chi connectivity index (χ3v) is 3.73. The number of halogens is 2. The molecule has 0 rings (SSSR count). The van der Waals surface area contributed by atoms with Gasteiger partial charge in [-0.05, 0) is 13.3 Å². The van der Waals surface area contributed by atoms with Crippen LogP contribution in [-0.2, 0) is 4.74 Å². The second kappa shape index (κ2) is 6.95. The summed E-state index contributed by atoms with van der Waals surface area (Å²) in [5, 5.41) is 0. The van der Waals surface area contributed by atoms with Crippen molar-refractivity contribution >= 4 is 29.6 Å². The van der Waals surface area contributed by atoms with E-state index in [0.29, 0.717) is 6.61 Å². The maximum atomic E-state index is 5.82. The fourth-order valence-electron chi connectivity index (χ4n) is 0.760. The number of hydrogen-bond donors (Lipinski definition) is 0. The molecule has 0 amide bonds. The average molecular weight is 226 g/mol. The molecule has 0 aliphatic rings. The SMILES string of the molecule is C=C(C)COC(CCC)[Si](Cl)Cl. The zero-order valence-electron chi connectivity index (χ0n) is 7.57. The molecule has 0 heterocycles. The summed E-state index contributed by atoms with van der Waals surface area (Å²) in [6, 6.07) is 0. The molecule has 12 heavy (non-hydrogen) atoms. The Morgan fingerprint density at radius 2 is 2.17 bits per heavy atom. The van der Waals surface area contributed by atoms with Crippen molar-refractivity contribution < 1.29 is 4.74 Å². The van der Waals surface area contributed by atoms with Gasteiger partial charge >= 0.3 is 7.42 Å². The van der Waals surface area contributed by atoms with Gasteiger partial charge in [0.05, 0.1) is 12.3 Å². The molecule has 0 N–H and O–H groups in total. The van der Waals surface area contributed by atoms with Crippen molar-refractivity contribution in [3.05, 3.63) is 12.2 Å². The predicted octanol–water partition coefficient (Wildman–Crippen LogP) is 3.25. The first-order chi connectivity index (χ1) is 5.57. The minimum Gasteiger partial charge on any atom is -0.374 e. The van der Waals surface area contributed by atoms with E-state index in [9.17, 15) is 0 Å². The molecule has 1 unspecified atom stereocenters. The van der Waals surface area contributed by atoms with Crippen LogP contribution in [0.25, 0.3) is 0 Å². The highest BCUT2D eigenvalue weighted by atomic mass is 35.7. The van der Waals surface area contributed by atoms with E-state index >= 15 is 0 Å². The molecule has 0 aliphatic carbocycles. The molecule has 4 heteroatoms. The Balaban J connectivity index is 3.70. The fraction of sp³-hybridized carbons (Fsp3) is 0.750. The predicted molar refractivity (Wildman–Crippen MR) is 56.9 cm³/mol. The van der Waals surface area contributed by atoms with Gasteiger partial charge in [-0.25, -0.2) is 0 Å². The summed E-state index contributed by atoms with van der Waals surface area (Å²) in [6.07, 6.45) is 1.99. The van der Waals surface area contributed by atoms with Crippen LogP contribution in [0, 0.1) is 0 Å². The van der Waals surface area contributed by atoms with Crippen molar-refractivity contribution in [2.45, 2.75) is 32.4 Å². The second-order valence-electron chi connectivity index (χ2n) is 2.84. The first-order valence-electron chi connectivity index (χ1n) is 4.01. The molecule has 0 aliphatic heterocycles. The Bertz CT molecular complexity index is 139. The van der Waals surface area contributed by atoms with E-state index in [4.69, 9.17) is 26.9 Å². The van der Waals surface area contributed by atoms with Crippen molar-refractivity contribution in [3.8, 4) is 0 Å². The lowest BCUT2D eigenvalue weighted by Gasteiger charge is -2.16. The lowest BCUT2D eigenvalue weighted by Crippen LogP contribution is -2.25. The smallest absolute Gasteiger partial charge is 0.303 e. The summed E-state index contributed by atoms with van der Waals surface area (Å²) in [5.41, 5.74) is 1.05. The Kier molecular flexibility index (Phi) is 7.24. The molecular weight excluding hydrogens is 211 g/mol. The van der Waals surface area contributed by atoms with Crippen LogP contribution in [0.5, 0.6) is 0 Å². The van der Waals surface area contributed by atoms with Gasteiger partial charge in [0, 0.05) is 0 Å². The first-order valence-corrected chi connectivity index (χ1v) is 7.61. The average Bonchev–Trinajstić information content (AvgIpc) is 1.96. The summed E-state index contributed by atoms with van der Waals surface area (Å²) in [6.45, 7) is 8.34. The quantitative estimate of drug-likeness (QED) is 0.384. The molecule has 0 saturated carbocycles. The van der Waals surface area contributed by atoms with Gasteiger partial charge in [-0.3, -0.25) is 0 Å². The maximum Gasteiger partial charge on any atom is 0.303 e. The standard InChI is InChI=1S/C8H15Cl2OSi/c1-4-5-8(12(9)10)11-6-7(2)3/h8H,2,4-6H2,1,3H3. The molecule has 0 spiro atoms. The molecule has 0 bridgehead atoms. The largest absolute Gasteiger partial charge is 0.374 e. The Hall–Kier alpha value is 0.497. The van der Waals surface area contributed by atoms with Gasteiger partial charge in [0.2, 0.25) is 0 Å². The van der Waals surface area contributed by atoms with Gasteiger partial charge in [-0.1, -0.05) is 25.5 Å². The topological polar surface area (TPSA) is 9.23 Å². The lowest BCUT2D eigenvalue weighted by atomic mass is 10.3. The van der Waals surface area contributed by atoms with Crippen LogP contribution < -0.4 is 0 Å². The molecule has 0 aromatic heterocycles. The summed E-state index contributed by atoms with van der Waals surface area (Å²) >= 11 is 11.6. The highest BCUT2D eigenvalue weighted by Crippen LogP contribution is 2.13. The van der Waals surface area contributed by atoms with E-state index in [1.165, 1.54) is 0 Å². The van der Waals surface area contributed by atoms with Crippen molar-refractivity contribution in [1.29, 1.82) is 0 Å². The van der Waals surface area contributed by atoms with Crippen LogP contribution in [0.3, 0.4) is 0 Å². The minimum atomic E-state index is -1.35. The van der Waals surface area contributed by atoms with Crippen LogP contribution in [0.1, 0.15) is 26.7 Å². The van der Waals surface area contributed by atoms with Crippen molar-refractivity contribution in [2.75, 3.05) is 6.61 Å². The molecule has 1 radical (unpaired) electrons. The number of rotatable bonds is 6. The molecule has 1 nitrogen and oxygen atoms in total. The molecule has 71 valence electrons. The van der Waals surface area contributed by atoms with Crippen LogP contribution in [0.4, 0.5) is 0 Å². The van der Waals surface area contributed by atoms with E-state index in [2.05, 4.69) is 13.5 Å². The first kappa shape index (κ1) is 12.5. The molecule has 0 fully saturated rings. The second-order valence-corrected chi connectivity index (χ2v) is 7.08. The van der Waals surface area contributed by atoms with Crippen LogP contribution >= 0.6 is 22.2 Å². The van der Waals surface area contributed by atoms with Crippen molar-refractivity contribution in [2.24, 2.45) is 0 Å². The Morgan fingerprint density at radius 1 is 1.58 bits per heavy atom. The maximum absolute atomic E-state index is 5.82. The minimum absolute atomic E-state index is 0.0417. The van der Waals surface area contributed by atoms with Crippen molar-refractivity contribution in [3.63, 3.8) is 0 Å². The van der Waals surface area contributed by atoms with E-state index in [-0.39, 0.29) is 5.73 Å². The van der Waals surface area contributed by atoms with E-state index in [0.717, 1.165) is 18.4 Å². The highest BCUT2D eigenvalue weighted by Gasteiger charge is 2.19. The molecule has 0 aromatic carbocycles. The summed E-state index contributed by atoms with van der Waals surface area (Å²) in [4.78, 5) is 0. The van der Waals surface area contributed by atoms with Gasteiger partial charge in [-0.15, -0.1) is 22.2 Å². The van der Waals surface area contributed by atoms with Gasteiger partial charge in [0.25, 0.3) is 0 Å². The summed E-state index contributed by atoms with van der Waals surface area (Å²) in [5.74, 6) is 0. The zero-order valence-corrected chi connectivity index (χ0v) is 10.1. The normalized spacial score (nSPS) is 13.4. The number of ether oxygens (including phenoxy) is 1. The molecular formula is C8H15Cl2OSi. The molecule has 1 atom stereocenters. The van der Waals surface area contributed by atoms with E-state index in [1.807, 2.05) is 6.92 Å². The lowest BCUT2D eigenvalue weighted by molar-refractivity contribution is 0.119. The Morgan fingerprint density at radius 3 is 2.50 bits per heavy atom. The van der Waals surface area contributed by atoms with E-state index < -0.39 is 7.42 Å².